The fraction of sp³-hybridized carbons (Fsp3) is 0. The highest BCUT2D eigenvalue weighted by Crippen LogP contribution is 2.59. The molecule has 0 saturated carbocycles. The van der Waals surface area contributed by atoms with E-state index < -0.39 is 57.5 Å². The largest absolute Gasteiger partial charge is 0.504 e. The fourth-order valence-corrected chi connectivity index (χ4v) is 10.1. The van der Waals surface area contributed by atoms with E-state index in [1.807, 2.05) is 109 Å². The minimum absolute atomic E-state index is 0.188. The first kappa shape index (κ1) is 40.7. The Morgan fingerprint density at radius 3 is 1.22 bits per heavy atom. The molecule has 0 aliphatic rings. The normalized spacial score (nSPS) is 11.8. The molecular weight excluding hydrogens is 873 g/mol. The smallest absolute Gasteiger partial charge is 0.208 e. The van der Waals surface area contributed by atoms with E-state index in [4.69, 9.17) is 4.42 Å². The average molecular weight is 909 g/mol. The zero-order valence-electron chi connectivity index (χ0n) is 35.9. The number of fused-ring (bicyclic) bond motifs is 8. The summed E-state index contributed by atoms with van der Waals surface area (Å²) in [5.41, 5.74) is 6.20. The molecule has 0 saturated heterocycles. The number of phenolic OH excluding ortho intramolecular Hbond substituents is 10. The lowest BCUT2D eigenvalue weighted by atomic mass is 9.83. The van der Waals surface area contributed by atoms with Crippen LogP contribution < -0.4 is 0 Å². The minimum atomic E-state index is -1.05. The van der Waals surface area contributed by atoms with Crippen LogP contribution in [0.15, 0.2) is 162 Å². The zero-order valence-corrected chi connectivity index (χ0v) is 35.9. The number of aromatic hydroxyl groups is 10. The number of benzene rings is 11. The first-order valence-electron chi connectivity index (χ1n) is 21.8. The zero-order chi connectivity index (χ0) is 47.6. The number of hydrogen-bond acceptors (Lipinski definition) is 11. The van der Waals surface area contributed by atoms with Gasteiger partial charge in [-0.05, 0) is 83.0 Å². The van der Waals surface area contributed by atoms with E-state index in [0.29, 0.717) is 27.3 Å². The topological polar surface area (TPSA) is 215 Å². The highest BCUT2D eigenvalue weighted by Gasteiger charge is 2.30. The van der Waals surface area contributed by atoms with Crippen LogP contribution in [0.5, 0.6) is 57.5 Å². The first-order valence-corrected chi connectivity index (χ1v) is 21.8. The number of hydrogen-bond donors (Lipinski definition) is 10. The predicted octanol–water partition coefficient (Wildman–Crippen LogP) is 13.6. The highest BCUT2D eigenvalue weighted by atomic mass is 16.4. The maximum Gasteiger partial charge on any atom is 0.208 e. The Labute approximate surface area is 390 Å². The molecule has 0 bridgehead atoms. The quantitative estimate of drug-likeness (QED) is 0.0339. The number of phenols is 10. The van der Waals surface area contributed by atoms with Crippen LogP contribution in [0.2, 0.25) is 0 Å². The molecule has 334 valence electrons. The predicted molar refractivity (Wildman–Crippen MR) is 268 cm³/mol. The molecule has 0 radical (unpaired) electrons. The van der Waals surface area contributed by atoms with Crippen molar-refractivity contribution in [3.05, 3.63) is 158 Å². The summed E-state index contributed by atoms with van der Waals surface area (Å²) in [5.74, 6) is -9.13. The molecule has 12 rings (SSSR count). The van der Waals surface area contributed by atoms with Crippen LogP contribution in [0.25, 0.3) is 121 Å². The van der Waals surface area contributed by atoms with Gasteiger partial charge in [-0.15, -0.1) is 0 Å². The Morgan fingerprint density at radius 1 is 0.232 bits per heavy atom. The van der Waals surface area contributed by atoms with Gasteiger partial charge in [0.1, 0.15) is 11.2 Å². The molecule has 0 spiro atoms. The van der Waals surface area contributed by atoms with Crippen molar-refractivity contribution in [2.75, 3.05) is 0 Å². The molecule has 69 heavy (non-hydrogen) atoms. The average Bonchev–Trinajstić information content (AvgIpc) is 3.78. The van der Waals surface area contributed by atoms with Crippen molar-refractivity contribution in [3.63, 3.8) is 0 Å². The van der Waals surface area contributed by atoms with Gasteiger partial charge in [0.2, 0.25) is 34.5 Å². The highest BCUT2D eigenvalue weighted by molar-refractivity contribution is 6.27. The summed E-state index contributed by atoms with van der Waals surface area (Å²) in [6.45, 7) is 0. The van der Waals surface area contributed by atoms with Gasteiger partial charge in [-0.2, -0.15) is 0 Å². The van der Waals surface area contributed by atoms with Crippen molar-refractivity contribution in [2.24, 2.45) is 0 Å². The van der Waals surface area contributed by atoms with E-state index in [0.717, 1.165) is 71.1 Å². The second-order valence-electron chi connectivity index (χ2n) is 17.0. The Hall–Kier alpha value is -9.74. The number of furan rings is 1. The lowest BCUT2D eigenvalue weighted by Gasteiger charge is -2.21. The molecule has 11 heteroatoms. The third kappa shape index (κ3) is 5.80. The summed E-state index contributed by atoms with van der Waals surface area (Å²) >= 11 is 0. The van der Waals surface area contributed by atoms with Gasteiger partial charge in [0.15, 0.2) is 23.0 Å². The van der Waals surface area contributed by atoms with Crippen molar-refractivity contribution < 1.29 is 55.5 Å². The third-order valence-electron chi connectivity index (χ3n) is 13.4. The third-order valence-corrected chi connectivity index (χ3v) is 13.4. The summed E-state index contributed by atoms with van der Waals surface area (Å²) < 4.78 is 6.50. The van der Waals surface area contributed by atoms with Crippen molar-refractivity contribution in [1.29, 1.82) is 0 Å². The van der Waals surface area contributed by atoms with Gasteiger partial charge < -0.3 is 55.5 Å². The monoisotopic (exact) mass is 908 g/mol. The summed E-state index contributed by atoms with van der Waals surface area (Å²) in [4.78, 5) is 0. The van der Waals surface area contributed by atoms with E-state index in [1.54, 1.807) is 12.1 Å². The minimum Gasteiger partial charge on any atom is -0.504 e. The molecule has 0 aliphatic carbocycles. The van der Waals surface area contributed by atoms with Crippen LogP contribution in [-0.4, -0.2) is 51.1 Å². The van der Waals surface area contributed by atoms with Crippen molar-refractivity contribution in [2.45, 2.75) is 0 Å². The van der Waals surface area contributed by atoms with E-state index in [-0.39, 0.29) is 22.3 Å². The lowest BCUT2D eigenvalue weighted by Crippen LogP contribution is -1.93. The molecule has 1 heterocycles. The van der Waals surface area contributed by atoms with Gasteiger partial charge >= 0.3 is 0 Å². The molecule has 0 fully saturated rings. The molecule has 0 amide bonds. The summed E-state index contributed by atoms with van der Waals surface area (Å²) in [6, 6.07) is 50.7. The Bertz CT molecular complexity index is 4070. The molecule has 11 aromatic carbocycles. The summed E-state index contributed by atoms with van der Waals surface area (Å²) in [6.07, 6.45) is 0. The van der Waals surface area contributed by atoms with Gasteiger partial charge in [-0.3, -0.25) is 0 Å². The molecule has 0 aliphatic heterocycles. The van der Waals surface area contributed by atoms with E-state index in [2.05, 4.69) is 36.4 Å². The molecule has 10 N–H and O–H groups in total. The van der Waals surface area contributed by atoms with Crippen LogP contribution in [0.4, 0.5) is 0 Å². The number of para-hydroxylation sites is 2. The molecule has 1 aromatic heterocycles. The summed E-state index contributed by atoms with van der Waals surface area (Å²) in [7, 11) is 0. The molecule has 11 nitrogen and oxygen atoms in total. The Morgan fingerprint density at radius 2 is 0.652 bits per heavy atom. The van der Waals surface area contributed by atoms with Crippen LogP contribution in [0.3, 0.4) is 0 Å². The van der Waals surface area contributed by atoms with Gasteiger partial charge in [-0.1, -0.05) is 146 Å². The standard InChI is InChI=1S/C58H36O11/c59-47-45(48(60)52(64)55(67)51(47)63)40-18-8-17-39-38-16-7-15-32(57(38)69-58(39)40)28-21-19-27(20-22-28)29-23-24-33-41(25-29)31-10-2-1-9-30(31)26-42(33)43-34-11-3-5-13-36(34)44(37-14-6-4-12-35(37)43)46-49(61)53(65)56(68)54(66)50(46)62/h1-26,59-68H. The van der Waals surface area contributed by atoms with Crippen LogP contribution in [-0.2, 0) is 0 Å². The maximum atomic E-state index is 11.2. The molecule has 0 unspecified atom stereocenters. The van der Waals surface area contributed by atoms with Gasteiger partial charge in [0.05, 0.1) is 11.1 Å². The molecular formula is C58H36O11. The Balaban J connectivity index is 1.01. The van der Waals surface area contributed by atoms with Crippen LogP contribution in [0, 0.1) is 0 Å². The van der Waals surface area contributed by atoms with Crippen LogP contribution in [0.1, 0.15) is 0 Å². The van der Waals surface area contributed by atoms with Crippen LogP contribution >= 0.6 is 0 Å². The SMILES string of the molecule is Oc1c(O)c(O)c(-c2c3ccccc3c(-c3cc4ccccc4c4cc(-c5ccc(-c6cccc7c6oc6c(-c8c(O)c(O)c(O)c(O)c8O)cccc67)cc5)ccc34)c3ccccc23)c(O)c1O. The van der Waals surface area contributed by atoms with Crippen molar-refractivity contribution in [3.8, 4) is 113 Å². The second kappa shape index (κ2) is 14.9. The molecule has 0 atom stereocenters. The summed E-state index contributed by atoms with van der Waals surface area (Å²) in [5, 5.41) is 115. The molecule has 12 aromatic rings. The van der Waals surface area contributed by atoms with E-state index >= 15 is 0 Å². The fourth-order valence-electron chi connectivity index (χ4n) is 10.1. The Kier molecular flexibility index (Phi) is 8.79. The van der Waals surface area contributed by atoms with E-state index in [1.165, 1.54) is 0 Å². The van der Waals surface area contributed by atoms with Gasteiger partial charge in [0, 0.05) is 27.5 Å². The van der Waals surface area contributed by atoms with Gasteiger partial charge in [-0.25, -0.2) is 0 Å². The second-order valence-corrected chi connectivity index (χ2v) is 17.0. The van der Waals surface area contributed by atoms with Crippen molar-refractivity contribution in [1.82, 2.24) is 0 Å². The first-order chi connectivity index (χ1) is 33.4. The number of rotatable bonds is 5. The van der Waals surface area contributed by atoms with Gasteiger partial charge in [0.25, 0.3) is 0 Å². The lowest BCUT2D eigenvalue weighted by molar-refractivity contribution is 0.330. The van der Waals surface area contributed by atoms with Crippen molar-refractivity contribution >= 4 is 65.0 Å². The van der Waals surface area contributed by atoms with E-state index in [9.17, 15) is 51.1 Å². The maximum absolute atomic E-state index is 11.2.